The molecule has 0 saturated carbocycles. The highest BCUT2D eigenvalue weighted by Gasteiger charge is 2.50. The maximum Gasteiger partial charge on any atom is 0.490 e. The SMILES string of the molecule is CCOC(=O)c1cc2cc3c(cc2oc1=O)N(CCCC(=O)NCCNC(=O)O[C@H]1[C@@H](O)[C@H](n2cnc4c(=O)[nH]c(N)nc42)O[C@@H]1COP(=O)(O)OP(=O)(O)OP(=O)(O)O)C(C)(C)CC3C. The lowest BCUT2D eigenvalue weighted by atomic mass is 9.79. The first-order valence-corrected chi connectivity index (χ1v) is 24.4. The molecular weight excluding hydrogens is 945 g/mol. The number of esters is 1. The Morgan fingerprint density at radius 1 is 1.05 bits per heavy atom. The smallest absolute Gasteiger partial charge is 0.462 e. The molecule has 0 spiro atoms. The summed E-state index contributed by atoms with van der Waals surface area (Å²) in [6, 6.07) is 5.10. The van der Waals surface area contributed by atoms with Gasteiger partial charge in [-0.15, -0.1) is 0 Å². The van der Waals surface area contributed by atoms with Crippen molar-refractivity contribution in [1.82, 2.24) is 30.2 Å². The molecule has 31 heteroatoms. The molecule has 2 amide bonds. The number of rotatable bonds is 18. The Bertz CT molecular complexity index is 2770. The van der Waals surface area contributed by atoms with E-state index in [-0.39, 0.29) is 71.7 Å². The van der Waals surface area contributed by atoms with Gasteiger partial charge in [-0.2, -0.15) is 13.6 Å². The van der Waals surface area contributed by atoms with Crippen LogP contribution in [0.4, 0.5) is 16.4 Å². The molecule has 6 rings (SSSR count). The van der Waals surface area contributed by atoms with Crippen LogP contribution in [0.5, 0.6) is 0 Å². The van der Waals surface area contributed by atoms with E-state index in [0.29, 0.717) is 18.4 Å². The third-order valence-corrected chi connectivity index (χ3v) is 14.1. The number of phosphoric ester groups is 1. The van der Waals surface area contributed by atoms with E-state index in [1.807, 2.05) is 6.07 Å². The molecule has 0 radical (unpaired) electrons. The van der Waals surface area contributed by atoms with Gasteiger partial charge in [0.05, 0.1) is 19.5 Å². The van der Waals surface area contributed by atoms with Crippen LogP contribution in [0.3, 0.4) is 0 Å². The van der Waals surface area contributed by atoms with E-state index in [1.165, 1.54) is 6.07 Å². The summed E-state index contributed by atoms with van der Waals surface area (Å²) in [5.74, 6) is -1.38. The van der Waals surface area contributed by atoms with Crippen LogP contribution in [0.1, 0.15) is 75.0 Å². The molecule has 66 heavy (non-hydrogen) atoms. The fourth-order valence-electron chi connectivity index (χ4n) is 7.72. The molecule has 0 bridgehead atoms. The van der Waals surface area contributed by atoms with Gasteiger partial charge in [0.25, 0.3) is 5.56 Å². The third-order valence-electron chi connectivity index (χ3n) is 10.3. The number of benzene rings is 1. The predicted molar refractivity (Wildman–Crippen MR) is 226 cm³/mol. The van der Waals surface area contributed by atoms with Gasteiger partial charge in [-0.25, -0.2) is 33.1 Å². The number of nitrogens with two attached hydrogens (primary N) is 1. The van der Waals surface area contributed by atoms with Gasteiger partial charge >= 0.3 is 41.2 Å². The van der Waals surface area contributed by atoms with E-state index in [0.717, 1.165) is 28.6 Å². The largest absolute Gasteiger partial charge is 0.490 e. The summed E-state index contributed by atoms with van der Waals surface area (Å²) in [6.45, 7) is 6.91. The van der Waals surface area contributed by atoms with Crippen molar-refractivity contribution < 1.29 is 84.5 Å². The van der Waals surface area contributed by atoms with Crippen LogP contribution in [0.2, 0.25) is 0 Å². The number of aliphatic hydroxyl groups is 1. The molecule has 4 aromatic rings. The fourth-order valence-corrected chi connectivity index (χ4v) is 10.7. The third kappa shape index (κ3) is 11.9. The Hall–Kier alpha value is -5.08. The van der Waals surface area contributed by atoms with Crippen molar-refractivity contribution in [2.45, 2.75) is 83.0 Å². The van der Waals surface area contributed by atoms with E-state index in [9.17, 15) is 52.6 Å². The van der Waals surface area contributed by atoms with Gasteiger partial charge < -0.3 is 64.6 Å². The molecule has 1 aromatic carbocycles. The number of carbonyl (C=O) groups is 3. The molecular formula is C35H47N8O20P3. The summed E-state index contributed by atoms with van der Waals surface area (Å²) >= 11 is 0. The fraction of sp³-hybridized carbons (Fsp3) is 0.514. The van der Waals surface area contributed by atoms with Gasteiger partial charge in [0.15, 0.2) is 23.5 Å². The Morgan fingerprint density at radius 3 is 2.45 bits per heavy atom. The lowest BCUT2D eigenvalue weighted by Crippen LogP contribution is -2.49. The highest BCUT2D eigenvalue weighted by molar-refractivity contribution is 7.66. The van der Waals surface area contributed by atoms with Crippen molar-refractivity contribution >= 4 is 75.2 Å². The number of anilines is 2. The zero-order valence-corrected chi connectivity index (χ0v) is 38.1. The molecule has 3 aromatic heterocycles. The van der Waals surface area contributed by atoms with Crippen LogP contribution in [0, 0.1) is 0 Å². The van der Waals surface area contributed by atoms with Gasteiger partial charge in [-0.05, 0) is 57.2 Å². The van der Waals surface area contributed by atoms with Crippen molar-refractivity contribution in [2.75, 3.05) is 43.5 Å². The summed E-state index contributed by atoms with van der Waals surface area (Å²) in [4.78, 5) is 113. The summed E-state index contributed by atoms with van der Waals surface area (Å²) < 4.78 is 70.0. The number of aromatic amines is 1. The van der Waals surface area contributed by atoms with Crippen LogP contribution >= 0.6 is 23.5 Å². The summed E-state index contributed by atoms with van der Waals surface area (Å²) in [5, 5.41) is 16.9. The second-order valence-corrected chi connectivity index (χ2v) is 20.1. The molecule has 0 aliphatic carbocycles. The first kappa shape index (κ1) is 50.3. The number of amides is 2. The first-order chi connectivity index (χ1) is 30.8. The van der Waals surface area contributed by atoms with Crippen molar-refractivity contribution in [3.8, 4) is 0 Å². The molecule has 1 fully saturated rings. The number of H-pyrrole nitrogens is 1. The van der Waals surface area contributed by atoms with Crippen LogP contribution in [-0.4, -0.2) is 119 Å². The maximum absolute atomic E-state index is 13.0. The second kappa shape index (κ2) is 19.6. The lowest BCUT2D eigenvalue weighted by Gasteiger charge is -2.47. The van der Waals surface area contributed by atoms with Crippen molar-refractivity contribution in [3.63, 3.8) is 0 Å². The van der Waals surface area contributed by atoms with Crippen molar-refractivity contribution in [3.05, 3.63) is 56.4 Å². The van der Waals surface area contributed by atoms with E-state index in [1.54, 1.807) is 13.0 Å². The molecule has 3 unspecified atom stereocenters. The summed E-state index contributed by atoms with van der Waals surface area (Å²) in [7, 11) is -17.3. The average molecular weight is 993 g/mol. The molecule has 5 heterocycles. The predicted octanol–water partition coefficient (Wildman–Crippen LogP) is 1.37. The molecule has 362 valence electrons. The second-order valence-electron chi connectivity index (χ2n) is 15.7. The summed E-state index contributed by atoms with van der Waals surface area (Å²) in [5.41, 5.74) is 5.12. The Labute approximate surface area is 372 Å². The van der Waals surface area contributed by atoms with E-state index >= 15 is 0 Å². The minimum Gasteiger partial charge on any atom is -0.462 e. The Balaban J connectivity index is 1.05. The topological polar surface area (TPSA) is 406 Å². The number of fused-ring (bicyclic) bond motifs is 3. The van der Waals surface area contributed by atoms with Gasteiger partial charge in [0.2, 0.25) is 11.9 Å². The maximum atomic E-state index is 13.0. The number of aromatic nitrogens is 4. The lowest BCUT2D eigenvalue weighted by molar-refractivity contribution is -0.121. The van der Waals surface area contributed by atoms with E-state index in [4.69, 9.17) is 34.1 Å². The number of imidazole rings is 1. The minimum atomic E-state index is -5.91. The molecule has 10 N–H and O–H groups in total. The van der Waals surface area contributed by atoms with Crippen molar-refractivity contribution in [1.29, 1.82) is 0 Å². The highest BCUT2D eigenvalue weighted by Crippen LogP contribution is 2.66. The molecule has 2 aliphatic rings. The molecule has 1 saturated heterocycles. The monoisotopic (exact) mass is 992 g/mol. The Kier molecular flexibility index (Phi) is 15.0. The number of hydrogen-bond acceptors (Lipinski definition) is 20. The number of nitrogen functional groups attached to an aromatic ring is 1. The molecule has 7 atom stereocenters. The Morgan fingerprint density at radius 2 is 1.76 bits per heavy atom. The zero-order chi connectivity index (χ0) is 48.5. The van der Waals surface area contributed by atoms with E-state index in [2.05, 4.69) is 64.4 Å². The normalized spacial score (nSPS) is 22.3. The summed E-state index contributed by atoms with van der Waals surface area (Å²) in [6.07, 6.45) is -5.91. The quantitative estimate of drug-likeness (QED) is 0.0294. The number of aliphatic hydroxyl groups excluding tert-OH is 1. The number of ether oxygens (including phenoxy) is 3. The number of nitrogens with one attached hydrogen (secondary N) is 3. The number of alkyl carbamates (subject to hydrolysis) is 1. The minimum absolute atomic E-state index is 0.0764. The van der Waals surface area contributed by atoms with Crippen molar-refractivity contribution in [2.24, 2.45) is 0 Å². The standard InChI is InChI=1S/C35H47N8O20P3/c1-5-57-31(47)20-12-18-11-19-17(2)14-35(3,4)43(21(19)13-22(18)60-32(20)48)10-6-7-24(44)37-8-9-38-34(49)61-27-23(15-58-65(53,54)63-66(55,56)62-64(50,51)52)59-30(26(27)45)42-16-39-25-28(42)40-33(36)41-29(25)46/h11-13,16-17,23,26-27,30,45H,5-10,14-15H2,1-4H3,(H,37,44)(H,38,49)(H,53,54)(H,55,56)(H2,50,51,52)(H3,36,40,41,46)/t17?,23-,26-,27-,30-/m1/s1. The highest BCUT2D eigenvalue weighted by atomic mass is 31.3. The number of nitrogens with zero attached hydrogens (tertiary/aromatic N) is 4. The van der Waals surface area contributed by atoms with Crippen LogP contribution in [-0.2, 0) is 45.8 Å². The van der Waals surface area contributed by atoms with Gasteiger partial charge in [0.1, 0.15) is 23.4 Å². The number of carbonyl (C=O) groups excluding carboxylic acids is 3. The number of hydrogen-bond donors (Lipinski definition) is 9. The van der Waals surface area contributed by atoms with Gasteiger partial charge in [-0.1, -0.05) is 6.92 Å². The van der Waals surface area contributed by atoms with Gasteiger partial charge in [-0.3, -0.25) is 23.7 Å². The van der Waals surface area contributed by atoms with Crippen LogP contribution in [0.15, 0.2) is 38.5 Å². The first-order valence-electron chi connectivity index (χ1n) is 19.9. The van der Waals surface area contributed by atoms with E-state index < -0.39 is 77.9 Å². The zero-order valence-electron chi connectivity index (χ0n) is 35.4. The molecule has 28 nitrogen and oxygen atoms in total. The average Bonchev–Trinajstić information content (AvgIpc) is 3.74. The van der Waals surface area contributed by atoms with Crippen LogP contribution in [0.25, 0.3) is 22.1 Å². The van der Waals surface area contributed by atoms with Crippen LogP contribution < -0.4 is 32.5 Å². The van der Waals surface area contributed by atoms with Gasteiger partial charge in [0, 0.05) is 48.7 Å². The molecule has 2 aliphatic heterocycles. The number of phosphoric acid groups is 3.